The van der Waals surface area contributed by atoms with Gasteiger partial charge in [-0.25, -0.2) is 0 Å². The molecule has 1 saturated carbocycles. The number of hydrogen-bond donors (Lipinski definition) is 1. The third-order valence-electron chi connectivity index (χ3n) is 4.24. The van der Waals surface area contributed by atoms with Crippen LogP contribution in [-0.4, -0.2) is 6.54 Å². The van der Waals surface area contributed by atoms with Gasteiger partial charge in [-0.1, -0.05) is 37.3 Å². The van der Waals surface area contributed by atoms with Crippen LogP contribution in [0.2, 0.25) is 0 Å². The van der Waals surface area contributed by atoms with Crippen molar-refractivity contribution in [2.24, 2.45) is 0 Å². The third-order valence-corrected chi connectivity index (χ3v) is 7.56. The second kappa shape index (κ2) is 6.53. The summed E-state index contributed by atoms with van der Waals surface area (Å²) in [4.78, 5) is 1.42. The number of rotatable bonds is 6. The van der Waals surface area contributed by atoms with Gasteiger partial charge in [-0.05, 0) is 69.3 Å². The van der Waals surface area contributed by atoms with Gasteiger partial charge in [-0.3, -0.25) is 0 Å². The zero-order valence-corrected chi connectivity index (χ0v) is 16.0. The molecule has 0 bridgehead atoms. The van der Waals surface area contributed by atoms with Gasteiger partial charge >= 0.3 is 0 Å². The van der Waals surface area contributed by atoms with Crippen LogP contribution in [0.3, 0.4) is 0 Å². The molecule has 1 heterocycles. The van der Waals surface area contributed by atoms with Crippen molar-refractivity contribution in [1.29, 1.82) is 0 Å². The van der Waals surface area contributed by atoms with E-state index in [1.54, 1.807) is 0 Å². The molecule has 1 atom stereocenters. The molecule has 0 spiro atoms. The predicted molar refractivity (Wildman–Crippen MR) is 98.1 cm³/mol. The molecule has 1 aliphatic rings. The van der Waals surface area contributed by atoms with E-state index in [2.05, 4.69) is 80.5 Å². The Balaban J connectivity index is 1.96. The third kappa shape index (κ3) is 3.14. The molecule has 2 aromatic rings. The van der Waals surface area contributed by atoms with Crippen molar-refractivity contribution in [3.05, 3.63) is 55.1 Å². The monoisotopic (exact) mass is 427 g/mol. The number of thiophene rings is 1. The maximum atomic E-state index is 3.80. The lowest BCUT2D eigenvalue weighted by atomic mass is 9.87. The summed E-state index contributed by atoms with van der Waals surface area (Å²) in [6, 6.07) is 13.7. The van der Waals surface area contributed by atoms with Crippen LogP contribution in [0, 0.1) is 0 Å². The van der Waals surface area contributed by atoms with Crippen molar-refractivity contribution < 1.29 is 0 Å². The Morgan fingerprint density at radius 3 is 2.48 bits per heavy atom. The van der Waals surface area contributed by atoms with Gasteiger partial charge in [0.05, 0.1) is 9.83 Å². The zero-order chi connectivity index (χ0) is 14.9. The minimum Gasteiger partial charge on any atom is -0.309 e. The van der Waals surface area contributed by atoms with Crippen molar-refractivity contribution >= 4 is 43.2 Å². The summed E-state index contributed by atoms with van der Waals surface area (Å²) in [6.07, 6.45) is 3.70. The van der Waals surface area contributed by atoms with E-state index in [1.165, 1.54) is 27.1 Å². The molecule has 3 rings (SSSR count). The van der Waals surface area contributed by atoms with Crippen LogP contribution in [0.5, 0.6) is 0 Å². The van der Waals surface area contributed by atoms with Gasteiger partial charge in [-0.2, -0.15) is 0 Å². The predicted octanol–water partition coefficient (Wildman–Crippen LogP) is 6.05. The van der Waals surface area contributed by atoms with Crippen LogP contribution in [-0.2, 0) is 5.41 Å². The highest BCUT2D eigenvalue weighted by Crippen LogP contribution is 2.58. The van der Waals surface area contributed by atoms with Crippen LogP contribution in [0.4, 0.5) is 0 Å². The van der Waals surface area contributed by atoms with Crippen molar-refractivity contribution in [3.63, 3.8) is 0 Å². The van der Waals surface area contributed by atoms with E-state index in [-0.39, 0.29) is 5.41 Å². The summed E-state index contributed by atoms with van der Waals surface area (Å²) in [5.74, 6) is 0. The lowest BCUT2D eigenvalue weighted by Crippen LogP contribution is -2.32. The second-order valence-electron chi connectivity index (χ2n) is 5.68. The maximum Gasteiger partial charge on any atom is 0.0843 e. The van der Waals surface area contributed by atoms with Crippen LogP contribution < -0.4 is 5.32 Å². The summed E-state index contributed by atoms with van der Waals surface area (Å²) >= 11 is 9.11. The van der Waals surface area contributed by atoms with Crippen LogP contribution >= 0.6 is 43.2 Å². The van der Waals surface area contributed by atoms with Gasteiger partial charge in [0.15, 0.2) is 0 Å². The van der Waals surface area contributed by atoms with Crippen LogP contribution in [0.1, 0.15) is 42.7 Å². The van der Waals surface area contributed by atoms with E-state index in [9.17, 15) is 0 Å². The van der Waals surface area contributed by atoms with Crippen molar-refractivity contribution in [1.82, 2.24) is 5.32 Å². The lowest BCUT2D eigenvalue weighted by molar-refractivity contribution is 0.435. The molecule has 0 saturated heterocycles. The summed E-state index contributed by atoms with van der Waals surface area (Å²) in [6.45, 7) is 3.29. The first-order valence-electron chi connectivity index (χ1n) is 7.41. The number of hydrogen-bond acceptors (Lipinski definition) is 2. The van der Waals surface area contributed by atoms with E-state index in [1.807, 2.05) is 11.3 Å². The first-order chi connectivity index (χ1) is 10.2. The largest absolute Gasteiger partial charge is 0.309 e. The van der Waals surface area contributed by atoms with Gasteiger partial charge in [0.1, 0.15) is 0 Å². The average molecular weight is 429 g/mol. The molecule has 112 valence electrons. The molecule has 1 aromatic heterocycles. The minimum absolute atomic E-state index is 0.278. The molecule has 21 heavy (non-hydrogen) atoms. The summed E-state index contributed by atoms with van der Waals surface area (Å²) in [5, 5.41) is 3.80. The first kappa shape index (κ1) is 15.7. The minimum atomic E-state index is 0.278. The Labute approximate surface area is 147 Å². The first-order valence-corrected chi connectivity index (χ1v) is 9.81. The molecule has 0 radical (unpaired) electrons. The molecule has 1 aromatic carbocycles. The van der Waals surface area contributed by atoms with Crippen LogP contribution in [0.25, 0.3) is 0 Å². The van der Waals surface area contributed by atoms with Crippen molar-refractivity contribution in [2.75, 3.05) is 6.54 Å². The number of benzene rings is 1. The molecule has 1 N–H and O–H groups in total. The fourth-order valence-electron chi connectivity index (χ4n) is 3.01. The Hall–Kier alpha value is -0.160. The molecule has 1 aliphatic carbocycles. The summed E-state index contributed by atoms with van der Waals surface area (Å²) < 4.78 is 2.35. The van der Waals surface area contributed by atoms with E-state index >= 15 is 0 Å². The molecule has 1 nitrogen and oxygen atoms in total. The van der Waals surface area contributed by atoms with Gasteiger partial charge in [0, 0.05) is 14.8 Å². The normalized spacial score (nSPS) is 17.7. The Morgan fingerprint density at radius 1 is 1.24 bits per heavy atom. The SMILES string of the molecule is CCCNC(c1cc(Br)c(Br)s1)C1(c2ccccc2)CC1. The van der Waals surface area contributed by atoms with Gasteiger partial charge in [0.25, 0.3) is 0 Å². The van der Waals surface area contributed by atoms with E-state index in [4.69, 9.17) is 0 Å². The Morgan fingerprint density at radius 2 is 1.95 bits per heavy atom. The fourth-order valence-corrected chi connectivity index (χ4v) is 5.29. The highest BCUT2D eigenvalue weighted by atomic mass is 79.9. The Bertz CT molecular complexity index is 585. The second-order valence-corrected chi connectivity index (χ2v) is 8.94. The molecule has 1 unspecified atom stereocenters. The zero-order valence-electron chi connectivity index (χ0n) is 12.0. The molecule has 0 amide bonds. The van der Waals surface area contributed by atoms with E-state index in [0.717, 1.165) is 17.4 Å². The molecular formula is C17H19Br2NS. The highest BCUT2D eigenvalue weighted by Gasteiger charge is 2.51. The smallest absolute Gasteiger partial charge is 0.0843 e. The van der Waals surface area contributed by atoms with E-state index < -0.39 is 0 Å². The van der Waals surface area contributed by atoms with Crippen molar-refractivity contribution in [3.8, 4) is 0 Å². The quantitative estimate of drug-likeness (QED) is 0.590. The molecule has 0 aliphatic heterocycles. The highest BCUT2D eigenvalue weighted by molar-refractivity contribution is 9.13. The van der Waals surface area contributed by atoms with Gasteiger partial charge < -0.3 is 5.32 Å². The average Bonchev–Trinajstić information content (AvgIpc) is 3.23. The Kier molecular flexibility index (Phi) is 4.89. The number of nitrogens with one attached hydrogen (secondary N) is 1. The number of halogens is 2. The maximum absolute atomic E-state index is 3.80. The van der Waals surface area contributed by atoms with Gasteiger partial charge in [-0.15, -0.1) is 11.3 Å². The van der Waals surface area contributed by atoms with E-state index in [0.29, 0.717) is 6.04 Å². The van der Waals surface area contributed by atoms with Gasteiger partial charge in [0.2, 0.25) is 0 Å². The topological polar surface area (TPSA) is 12.0 Å². The van der Waals surface area contributed by atoms with Crippen molar-refractivity contribution in [2.45, 2.75) is 37.6 Å². The molecule has 4 heteroatoms. The molecular weight excluding hydrogens is 410 g/mol. The lowest BCUT2D eigenvalue weighted by Gasteiger charge is -2.28. The molecule has 1 fully saturated rings. The summed E-state index contributed by atoms with van der Waals surface area (Å²) in [5.41, 5.74) is 1.75. The van der Waals surface area contributed by atoms with Crippen LogP contribution in [0.15, 0.2) is 44.7 Å². The fraction of sp³-hybridized carbons (Fsp3) is 0.412. The summed E-state index contributed by atoms with van der Waals surface area (Å²) in [7, 11) is 0. The standard InChI is InChI=1S/C17H19Br2NS/c1-2-10-20-15(14-11-13(18)16(19)21-14)17(8-9-17)12-6-4-3-5-7-12/h3-7,11,15,20H,2,8-10H2,1H3.